The van der Waals surface area contributed by atoms with E-state index in [0.717, 1.165) is 30.8 Å². The summed E-state index contributed by atoms with van der Waals surface area (Å²) in [4.78, 5) is 14.4. The van der Waals surface area contributed by atoms with Gasteiger partial charge in [-0.2, -0.15) is 0 Å². The number of carboxylic acids is 1. The predicted octanol–water partition coefficient (Wildman–Crippen LogP) is 3.00. The highest BCUT2D eigenvalue weighted by molar-refractivity contribution is 7.10. The van der Waals surface area contributed by atoms with Crippen LogP contribution < -0.4 is 0 Å². The molecule has 1 aliphatic rings. The lowest BCUT2D eigenvalue weighted by Crippen LogP contribution is -2.57. The molecule has 4 heteroatoms. The van der Waals surface area contributed by atoms with Crippen LogP contribution in [0.3, 0.4) is 0 Å². The highest BCUT2D eigenvalue weighted by atomic mass is 32.1. The number of hydrogen-bond acceptors (Lipinski definition) is 3. The molecule has 1 N–H and O–H groups in total. The van der Waals surface area contributed by atoms with Crippen molar-refractivity contribution in [2.45, 2.75) is 32.7 Å². The first-order valence-corrected chi connectivity index (χ1v) is 7.00. The highest BCUT2D eigenvalue weighted by Gasteiger charge is 2.45. The van der Waals surface area contributed by atoms with Crippen LogP contribution in [0.25, 0.3) is 0 Å². The van der Waals surface area contributed by atoms with Crippen LogP contribution >= 0.6 is 11.3 Å². The van der Waals surface area contributed by atoms with Crippen molar-refractivity contribution in [2.75, 3.05) is 13.1 Å². The molecule has 1 fully saturated rings. The maximum absolute atomic E-state index is 11.4. The van der Waals surface area contributed by atoms with Crippen LogP contribution in [-0.2, 0) is 4.79 Å². The van der Waals surface area contributed by atoms with Crippen molar-refractivity contribution >= 4 is 17.3 Å². The molecule has 2 heterocycles. The molecule has 94 valence electrons. The Labute approximate surface area is 106 Å². The minimum Gasteiger partial charge on any atom is -0.480 e. The van der Waals surface area contributed by atoms with Crippen molar-refractivity contribution in [3.8, 4) is 0 Å². The molecule has 1 saturated heterocycles. The molecule has 0 aromatic carbocycles. The van der Waals surface area contributed by atoms with Gasteiger partial charge >= 0.3 is 5.97 Å². The first-order valence-electron chi connectivity index (χ1n) is 6.12. The molecule has 0 spiro atoms. The quantitative estimate of drug-likeness (QED) is 0.877. The van der Waals surface area contributed by atoms with Crippen LogP contribution in [0.2, 0.25) is 0 Å². The van der Waals surface area contributed by atoms with Crippen LogP contribution in [0.1, 0.15) is 37.6 Å². The van der Waals surface area contributed by atoms with Gasteiger partial charge in [-0.3, -0.25) is 9.69 Å². The fourth-order valence-corrected chi connectivity index (χ4v) is 3.45. The van der Waals surface area contributed by atoms with E-state index in [2.05, 4.69) is 18.7 Å². The summed E-state index contributed by atoms with van der Waals surface area (Å²) in [6, 6.07) is 3.39. The summed E-state index contributed by atoms with van der Waals surface area (Å²) in [5.74, 6) is -0.728. The Morgan fingerprint density at radius 2 is 2.18 bits per heavy atom. The van der Waals surface area contributed by atoms with Gasteiger partial charge in [0, 0.05) is 18.0 Å². The zero-order valence-corrected chi connectivity index (χ0v) is 11.2. The Bertz CT molecular complexity index is 376. The van der Waals surface area contributed by atoms with Crippen molar-refractivity contribution in [3.63, 3.8) is 0 Å². The molecule has 0 saturated carbocycles. The molecule has 1 atom stereocenters. The second-order valence-corrected chi connectivity index (χ2v) is 5.85. The summed E-state index contributed by atoms with van der Waals surface area (Å²) < 4.78 is 0. The standard InChI is InChI=1S/C13H19NO2S/c1-3-13(4-2)8-14(9-13)11(12(15)16)10-6-5-7-17-10/h5-7,11H,3-4,8-9H2,1-2H3,(H,15,16). The van der Waals surface area contributed by atoms with Crippen molar-refractivity contribution in [1.82, 2.24) is 4.90 Å². The Balaban J connectivity index is 2.09. The molecule has 1 aliphatic heterocycles. The van der Waals surface area contributed by atoms with E-state index in [0.29, 0.717) is 5.41 Å². The van der Waals surface area contributed by atoms with E-state index >= 15 is 0 Å². The zero-order chi connectivity index (χ0) is 12.5. The van der Waals surface area contributed by atoms with Gasteiger partial charge in [0.05, 0.1) is 0 Å². The highest BCUT2D eigenvalue weighted by Crippen LogP contribution is 2.42. The minimum atomic E-state index is -0.728. The number of likely N-dealkylation sites (tertiary alicyclic amines) is 1. The van der Waals surface area contributed by atoms with Gasteiger partial charge in [0.15, 0.2) is 0 Å². The van der Waals surface area contributed by atoms with Crippen molar-refractivity contribution in [1.29, 1.82) is 0 Å². The molecule has 1 aromatic rings. The summed E-state index contributed by atoms with van der Waals surface area (Å²) in [7, 11) is 0. The number of carboxylic acid groups (broad SMARTS) is 1. The Morgan fingerprint density at radius 3 is 2.59 bits per heavy atom. The SMILES string of the molecule is CCC1(CC)CN(C(C(=O)O)c2cccs2)C1. The number of carbonyl (C=O) groups is 1. The van der Waals surface area contributed by atoms with E-state index in [1.807, 2.05) is 17.5 Å². The number of aliphatic carboxylic acids is 1. The summed E-state index contributed by atoms with van der Waals surface area (Å²) in [5, 5.41) is 11.3. The third-order valence-electron chi connectivity index (χ3n) is 3.99. The van der Waals surface area contributed by atoms with Crippen LogP contribution in [0, 0.1) is 5.41 Å². The average Bonchev–Trinajstić information content (AvgIpc) is 2.75. The molecular formula is C13H19NO2S. The summed E-state index contributed by atoms with van der Waals surface area (Å²) in [5.41, 5.74) is 0.352. The van der Waals surface area contributed by atoms with E-state index in [4.69, 9.17) is 0 Å². The average molecular weight is 253 g/mol. The zero-order valence-electron chi connectivity index (χ0n) is 10.3. The molecule has 2 rings (SSSR count). The number of nitrogens with zero attached hydrogens (tertiary/aromatic N) is 1. The molecular weight excluding hydrogens is 234 g/mol. The lowest BCUT2D eigenvalue weighted by Gasteiger charge is -2.51. The number of thiophene rings is 1. The molecule has 17 heavy (non-hydrogen) atoms. The van der Waals surface area contributed by atoms with Gasteiger partial charge in [0.1, 0.15) is 6.04 Å². The van der Waals surface area contributed by atoms with Gasteiger partial charge in [0.2, 0.25) is 0 Å². The largest absolute Gasteiger partial charge is 0.480 e. The van der Waals surface area contributed by atoms with Crippen molar-refractivity contribution in [2.24, 2.45) is 5.41 Å². The van der Waals surface area contributed by atoms with Gasteiger partial charge in [0.25, 0.3) is 0 Å². The van der Waals surface area contributed by atoms with Crippen LogP contribution in [0.4, 0.5) is 0 Å². The summed E-state index contributed by atoms with van der Waals surface area (Å²) in [6.45, 7) is 6.22. The first kappa shape index (κ1) is 12.6. The normalized spacial score (nSPS) is 20.8. The molecule has 0 bridgehead atoms. The smallest absolute Gasteiger partial charge is 0.326 e. The van der Waals surface area contributed by atoms with Gasteiger partial charge in [-0.15, -0.1) is 11.3 Å². The molecule has 1 aromatic heterocycles. The second-order valence-electron chi connectivity index (χ2n) is 4.87. The Kier molecular flexibility index (Phi) is 3.54. The maximum atomic E-state index is 11.4. The second kappa shape index (κ2) is 4.78. The molecule has 0 amide bonds. The monoisotopic (exact) mass is 253 g/mol. The Hall–Kier alpha value is -0.870. The maximum Gasteiger partial charge on any atom is 0.326 e. The predicted molar refractivity (Wildman–Crippen MR) is 69.3 cm³/mol. The molecule has 1 unspecified atom stereocenters. The van der Waals surface area contributed by atoms with Crippen LogP contribution in [0.5, 0.6) is 0 Å². The van der Waals surface area contributed by atoms with E-state index in [-0.39, 0.29) is 0 Å². The minimum absolute atomic E-state index is 0.352. The number of hydrogen-bond donors (Lipinski definition) is 1. The van der Waals surface area contributed by atoms with Gasteiger partial charge in [-0.05, 0) is 29.7 Å². The topological polar surface area (TPSA) is 40.5 Å². The molecule has 0 radical (unpaired) electrons. The van der Waals surface area contributed by atoms with Gasteiger partial charge in [-0.25, -0.2) is 0 Å². The Morgan fingerprint density at radius 1 is 1.53 bits per heavy atom. The lowest BCUT2D eigenvalue weighted by atomic mass is 9.74. The van der Waals surface area contributed by atoms with Gasteiger partial charge < -0.3 is 5.11 Å². The van der Waals surface area contributed by atoms with Crippen LogP contribution in [-0.4, -0.2) is 29.1 Å². The van der Waals surface area contributed by atoms with E-state index < -0.39 is 12.0 Å². The van der Waals surface area contributed by atoms with E-state index in [9.17, 15) is 9.90 Å². The third-order valence-corrected chi connectivity index (χ3v) is 4.91. The third kappa shape index (κ3) is 2.24. The summed E-state index contributed by atoms with van der Waals surface area (Å²) in [6.07, 6.45) is 2.27. The summed E-state index contributed by atoms with van der Waals surface area (Å²) >= 11 is 1.53. The van der Waals surface area contributed by atoms with Crippen molar-refractivity contribution in [3.05, 3.63) is 22.4 Å². The first-order chi connectivity index (χ1) is 8.12. The van der Waals surface area contributed by atoms with Crippen molar-refractivity contribution < 1.29 is 9.90 Å². The van der Waals surface area contributed by atoms with Crippen LogP contribution in [0.15, 0.2) is 17.5 Å². The van der Waals surface area contributed by atoms with Gasteiger partial charge in [-0.1, -0.05) is 19.9 Å². The lowest BCUT2D eigenvalue weighted by molar-refractivity contribution is -0.150. The van der Waals surface area contributed by atoms with E-state index in [1.165, 1.54) is 11.3 Å². The fraction of sp³-hybridized carbons (Fsp3) is 0.615. The number of rotatable bonds is 5. The van der Waals surface area contributed by atoms with E-state index in [1.54, 1.807) is 0 Å². The molecule has 0 aliphatic carbocycles. The molecule has 3 nitrogen and oxygen atoms in total. The fourth-order valence-electron chi connectivity index (χ4n) is 2.60.